The molecule has 2 saturated carbocycles. The normalized spacial score (nSPS) is 17.8. The van der Waals surface area contributed by atoms with Crippen molar-refractivity contribution in [2.24, 2.45) is 11.8 Å². The van der Waals surface area contributed by atoms with Gasteiger partial charge in [0.2, 0.25) is 0 Å². The van der Waals surface area contributed by atoms with Gasteiger partial charge in [-0.1, -0.05) is 249 Å². The number of esters is 2. The van der Waals surface area contributed by atoms with Crippen molar-refractivity contribution >= 4 is 42.4 Å². The number of hydrogen-bond donors (Lipinski definition) is 1. The second-order valence-corrected chi connectivity index (χ2v) is 28.9. The van der Waals surface area contributed by atoms with Crippen LogP contribution in [-0.4, -0.2) is 56.7 Å². The van der Waals surface area contributed by atoms with E-state index in [2.05, 4.69) is 101 Å². The van der Waals surface area contributed by atoms with Crippen LogP contribution in [0.2, 0.25) is 5.04 Å². The Morgan fingerprint density at radius 2 is 1.10 bits per heavy atom. The number of rotatable bonds is 32. The molecular formula is C64H109NO5SSi. The van der Waals surface area contributed by atoms with Gasteiger partial charge in [0, 0.05) is 24.8 Å². The number of carbonyl (C=O) groups excluding carboxylic acids is 2. The number of benzene rings is 2. The first kappa shape index (κ1) is 62.4. The fraction of sp³-hybridized carbons (Fsp3) is 0.781. The Bertz CT molecular complexity index is 1580. The van der Waals surface area contributed by atoms with Gasteiger partial charge in [-0.25, -0.2) is 0 Å². The topological polar surface area (TPSA) is 73.9 Å². The molecule has 410 valence electrons. The lowest BCUT2D eigenvalue weighted by Crippen LogP contribution is -2.66. The second kappa shape index (κ2) is 38.4. The first-order valence-corrected chi connectivity index (χ1v) is 33.6. The molecule has 0 aliphatic heterocycles. The summed E-state index contributed by atoms with van der Waals surface area (Å²) in [5.74, 6) is 1.36. The Morgan fingerprint density at radius 1 is 0.597 bits per heavy atom. The number of carbonyl (C=O) groups is 2. The summed E-state index contributed by atoms with van der Waals surface area (Å²) in [5, 5.41) is 6.68. The van der Waals surface area contributed by atoms with Gasteiger partial charge >= 0.3 is 11.9 Å². The fourth-order valence-electron chi connectivity index (χ4n) is 11.8. The van der Waals surface area contributed by atoms with E-state index < -0.39 is 8.32 Å². The van der Waals surface area contributed by atoms with E-state index in [4.69, 9.17) is 13.9 Å². The molecule has 0 bridgehead atoms. The van der Waals surface area contributed by atoms with Gasteiger partial charge in [0.15, 0.2) is 0 Å². The van der Waals surface area contributed by atoms with Crippen LogP contribution in [-0.2, 0) is 23.5 Å². The van der Waals surface area contributed by atoms with Gasteiger partial charge in [-0.15, -0.1) is 11.8 Å². The van der Waals surface area contributed by atoms with Crippen LogP contribution in [0.25, 0.3) is 0 Å². The minimum atomic E-state index is -2.54. The highest BCUT2D eigenvalue weighted by molar-refractivity contribution is 7.99. The van der Waals surface area contributed by atoms with Crippen LogP contribution in [0.15, 0.2) is 60.7 Å². The molecule has 0 radical (unpaired) electrons. The lowest BCUT2D eigenvalue weighted by atomic mass is 9.86. The van der Waals surface area contributed by atoms with Gasteiger partial charge in [-0.05, 0) is 98.5 Å². The maximum atomic E-state index is 14.3. The zero-order chi connectivity index (χ0) is 51.4. The molecule has 8 heteroatoms. The minimum absolute atomic E-state index is 0.0119. The maximum absolute atomic E-state index is 14.3. The lowest BCUT2D eigenvalue weighted by molar-refractivity contribution is -0.151. The first-order valence-electron chi connectivity index (χ1n) is 30.7. The number of unbranched alkanes of at least 4 members (excludes halogenated alkanes) is 7. The number of thioether (sulfide) groups is 1. The predicted molar refractivity (Wildman–Crippen MR) is 312 cm³/mol. The smallest absolute Gasteiger partial charge is 0.310 e. The van der Waals surface area contributed by atoms with Crippen molar-refractivity contribution in [1.29, 1.82) is 0 Å². The van der Waals surface area contributed by atoms with Crippen molar-refractivity contribution in [1.82, 2.24) is 5.32 Å². The van der Waals surface area contributed by atoms with E-state index in [1.54, 1.807) is 11.8 Å². The van der Waals surface area contributed by atoms with E-state index >= 15 is 0 Å². The highest BCUT2D eigenvalue weighted by Gasteiger charge is 2.50. The number of ether oxygens (including phenoxy) is 2. The van der Waals surface area contributed by atoms with Gasteiger partial charge in [0.25, 0.3) is 8.32 Å². The van der Waals surface area contributed by atoms with Crippen molar-refractivity contribution in [2.45, 2.75) is 288 Å². The minimum Gasteiger partial charge on any atom is -0.461 e. The van der Waals surface area contributed by atoms with E-state index in [0.29, 0.717) is 24.1 Å². The highest BCUT2D eigenvalue weighted by Crippen LogP contribution is 2.37. The van der Waals surface area contributed by atoms with Crippen LogP contribution >= 0.6 is 11.8 Å². The third-order valence-corrected chi connectivity index (χ3v) is 22.5. The van der Waals surface area contributed by atoms with Crippen LogP contribution in [0.4, 0.5) is 0 Å². The Hall–Kier alpha value is -2.13. The van der Waals surface area contributed by atoms with E-state index in [1.165, 1.54) is 152 Å². The van der Waals surface area contributed by atoms with Gasteiger partial charge < -0.3 is 19.2 Å². The van der Waals surface area contributed by atoms with E-state index in [9.17, 15) is 9.59 Å². The quantitative estimate of drug-likeness (QED) is 0.0339. The Morgan fingerprint density at radius 3 is 1.67 bits per heavy atom. The van der Waals surface area contributed by atoms with Crippen LogP contribution < -0.4 is 15.7 Å². The van der Waals surface area contributed by atoms with Gasteiger partial charge in [0.1, 0.15) is 11.5 Å². The molecule has 3 atom stereocenters. The van der Waals surface area contributed by atoms with Crippen LogP contribution in [0.5, 0.6) is 0 Å². The Kier molecular flexibility index (Phi) is 33.3. The molecule has 1 N–H and O–H groups in total. The van der Waals surface area contributed by atoms with Crippen molar-refractivity contribution in [3.8, 4) is 0 Å². The Balaban J connectivity index is 1.37. The highest BCUT2D eigenvalue weighted by atomic mass is 32.2. The second-order valence-electron chi connectivity index (χ2n) is 23.4. The summed E-state index contributed by atoms with van der Waals surface area (Å²) in [5.41, 5.74) is -0.213. The third kappa shape index (κ3) is 25.1. The maximum Gasteiger partial charge on any atom is 0.310 e. The summed E-state index contributed by atoms with van der Waals surface area (Å²) >= 11 is 1.76. The summed E-state index contributed by atoms with van der Waals surface area (Å²) in [6, 6.07) is 22.5. The zero-order valence-electron chi connectivity index (χ0n) is 47.2. The fourth-order valence-corrected chi connectivity index (χ4v) is 17.5. The first-order chi connectivity index (χ1) is 35.2. The number of nitrogens with one attached hydrogen (secondary N) is 1. The molecule has 2 aliphatic carbocycles. The average molecular weight is 1030 g/mol. The molecule has 0 spiro atoms. The standard InChI is InChI=1S/C64H109NO5SSi/c1-6-8-10-29-44-58(69-61(66)51-50-55-38-25-21-26-39-55)54-71-62(70-63(67)56-40-27-19-17-15-13-11-12-14-16-18-20-28-41-56)49-35-34-43-57(42-24-9-7-2)65-52-36-37-53-68-72(64(3,4)5,59-45-30-22-31-46-59)60-47-32-23-33-48-60/h22-23,30-33,45-48,55-58,62,65H,6-21,24-29,34-44,49-54H2,1-5H3/t57?,58-,62?/m0/s1. The molecule has 0 aromatic heterocycles. The summed E-state index contributed by atoms with van der Waals surface area (Å²) < 4.78 is 20.2. The van der Waals surface area contributed by atoms with Gasteiger partial charge in [-0.2, -0.15) is 0 Å². The summed E-state index contributed by atoms with van der Waals surface area (Å²) in [4.78, 5) is 27.7. The van der Waals surface area contributed by atoms with Crippen molar-refractivity contribution < 1.29 is 23.5 Å². The summed E-state index contributed by atoms with van der Waals surface area (Å²) in [6.45, 7) is 13.4. The van der Waals surface area contributed by atoms with Crippen LogP contribution in [0.3, 0.4) is 0 Å². The molecule has 72 heavy (non-hydrogen) atoms. The van der Waals surface area contributed by atoms with Crippen molar-refractivity contribution in [3.05, 3.63) is 60.7 Å². The molecule has 0 amide bonds. The molecule has 2 aromatic rings. The monoisotopic (exact) mass is 1030 g/mol. The summed E-state index contributed by atoms with van der Waals surface area (Å²) in [7, 11) is -2.54. The molecule has 0 saturated heterocycles. The molecular weight excluding hydrogens is 923 g/mol. The van der Waals surface area contributed by atoms with Gasteiger partial charge in [-0.3, -0.25) is 9.59 Å². The average Bonchev–Trinajstić information content (AvgIpc) is 3.40. The molecule has 6 nitrogen and oxygen atoms in total. The number of hydrogen-bond acceptors (Lipinski definition) is 7. The van der Waals surface area contributed by atoms with Crippen molar-refractivity contribution in [3.63, 3.8) is 0 Å². The zero-order valence-corrected chi connectivity index (χ0v) is 49.0. The molecule has 0 heterocycles. The van der Waals surface area contributed by atoms with Crippen LogP contribution in [0, 0.1) is 11.8 Å². The molecule has 2 unspecified atom stereocenters. The molecule has 2 fully saturated rings. The summed E-state index contributed by atoms with van der Waals surface area (Å²) in [6.07, 6.45) is 41.8. The molecule has 2 aromatic carbocycles. The van der Waals surface area contributed by atoms with Crippen molar-refractivity contribution in [2.75, 3.05) is 18.9 Å². The largest absolute Gasteiger partial charge is 0.461 e. The predicted octanol–water partition coefficient (Wildman–Crippen LogP) is 17.4. The third-order valence-electron chi connectivity index (χ3n) is 16.2. The lowest BCUT2D eigenvalue weighted by Gasteiger charge is -2.43. The molecule has 2 aliphatic rings. The van der Waals surface area contributed by atoms with Crippen LogP contribution in [0.1, 0.15) is 266 Å². The van der Waals surface area contributed by atoms with E-state index in [1.807, 2.05) is 0 Å². The Labute approximate surface area is 448 Å². The van der Waals surface area contributed by atoms with E-state index in [-0.39, 0.29) is 34.4 Å². The molecule has 4 rings (SSSR count). The van der Waals surface area contributed by atoms with E-state index in [0.717, 1.165) is 96.6 Å². The SMILES string of the molecule is CCCCCC[C@@H](CSC(CCCCC(CCCCC)NCCCCO[Si](c1ccccc1)(c1ccccc1)C(C)(C)C)OC(=O)C1CCCCCCCCCCCCCC1)OC(=O)CCC1CCCCC1. The van der Waals surface area contributed by atoms with Gasteiger partial charge in [0.05, 0.1) is 5.92 Å².